The number of alkyl halides is 1. The van der Waals surface area contributed by atoms with Crippen LogP contribution in [-0.2, 0) is 12.1 Å². The highest BCUT2D eigenvalue weighted by molar-refractivity contribution is 5.39. The molecule has 0 amide bonds. The van der Waals surface area contributed by atoms with Crippen LogP contribution in [0.15, 0.2) is 27.8 Å². The number of hydrogen-bond donors (Lipinski definition) is 2. The second kappa shape index (κ2) is 5.31. The summed E-state index contributed by atoms with van der Waals surface area (Å²) in [5, 5.41) is 0. The molecule has 2 rings (SSSR count). The van der Waals surface area contributed by atoms with Crippen molar-refractivity contribution in [2.24, 2.45) is 0 Å². The van der Waals surface area contributed by atoms with Crippen LogP contribution >= 0.6 is 0 Å². The molecule has 0 saturated carbocycles. The number of aromatic nitrogens is 2. The number of halogens is 1. The Bertz CT molecular complexity index is 767. The minimum Gasteiger partial charge on any atom is -0.307 e. The van der Waals surface area contributed by atoms with Gasteiger partial charge in [0.05, 0.1) is 5.69 Å². The lowest BCUT2D eigenvalue weighted by molar-refractivity contribution is 0.240. The fraction of sp³-hybridized carbons (Fsp3) is 0.375. The first kappa shape index (κ1) is 15.2. The van der Waals surface area contributed by atoms with E-state index >= 15 is 4.39 Å². The average molecular weight is 290 g/mol. The molecule has 0 bridgehead atoms. The molecule has 0 saturated heterocycles. The van der Waals surface area contributed by atoms with E-state index < -0.39 is 16.9 Å². The summed E-state index contributed by atoms with van der Waals surface area (Å²) in [7, 11) is 0. The van der Waals surface area contributed by atoms with Crippen molar-refractivity contribution < 1.29 is 4.39 Å². The van der Waals surface area contributed by atoms with E-state index in [-0.39, 0.29) is 11.3 Å². The van der Waals surface area contributed by atoms with Gasteiger partial charge in [0.15, 0.2) is 5.67 Å². The third-order valence-electron chi connectivity index (χ3n) is 3.63. The molecule has 1 atom stereocenters. The molecule has 4 nitrogen and oxygen atoms in total. The summed E-state index contributed by atoms with van der Waals surface area (Å²) in [5.74, 6) is 0. The largest absolute Gasteiger partial charge is 0.326 e. The van der Waals surface area contributed by atoms with E-state index in [0.717, 1.165) is 11.1 Å². The quantitative estimate of drug-likeness (QED) is 0.912. The lowest BCUT2D eigenvalue weighted by Crippen LogP contribution is -2.33. The smallest absolute Gasteiger partial charge is 0.307 e. The normalized spacial score (nSPS) is 14.0. The lowest BCUT2D eigenvalue weighted by Gasteiger charge is -2.24. The number of aryl methyl sites for hydroxylation is 2. The number of H-pyrrole nitrogens is 2. The SMILES string of the molecule is CCc1c(C(C)(F)c2cc(C)cc(C)c2)[nH]c(=O)[nH]c1=O. The number of rotatable bonds is 3. The maximum absolute atomic E-state index is 15.4. The molecular formula is C16H19FN2O2. The van der Waals surface area contributed by atoms with Gasteiger partial charge in [-0.1, -0.05) is 36.2 Å². The van der Waals surface area contributed by atoms with Crippen molar-refractivity contribution in [2.75, 3.05) is 0 Å². The zero-order valence-electron chi connectivity index (χ0n) is 12.6. The van der Waals surface area contributed by atoms with Crippen LogP contribution in [0.4, 0.5) is 4.39 Å². The second-order valence-corrected chi connectivity index (χ2v) is 5.49. The Kier molecular flexibility index (Phi) is 3.85. The Balaban J connectivity index is 2.74. The zero-order chi connectivity index (χ0) is 15.8. The topological polar surface area (TPSA) is 65.7 Å². The summed E-state index contributed by atoms with van der Waals surface area (Å²) in [6, 6.07) is 5.40. The molecule has 0 aliphatic heterocycles. The average Bonchev–Trinajstić information content (AvgIpc) is 2.36. The highest BCUT2D eigenvalue weighted by atomic mass is 19.1. The Hall–Kier alpha value is -2.17. The number of nitrogens with one attached hydrogen (secondary N) is 2. The molecule has 1 heterocycles. The van der Waals surface area contributed by atoms with Crippen molar-refractivity contribution >= 4 is 0 Å². The standard InChI is InChI=1S/C16H19FN2O2/c1-5-12-13(18-15(21)19-14(12)20)16(4,17)11-7-9(2)6-10(3)8-11/h6-8H,5H2,1-4H3,(H2,18,19,20,21). The van der Waals surface area contributed by atoms with E-state index in [0.29, 0.717) is 12.0 Å². The van der Waals surface area contributed by atoms with Gasteiger partial charge in [-0.15, -0.1) is 0 Å². The predicted molar refractivity (Wildman–Crippen MR) is 80.5 cm³/mol. The van der Waals surface area contributed by atoms with Gasteiger partial charge in [-0.05, 0) is 32.8 Å². The van der Waals surface area contributed by atoms with Gasteiger partial charge >= 0.3 is 5.69 Å². The molecule has 0 radical (unpaired) electrons. The monoisotopic (exact) mass is 290 g/mol. The third kappa shape index (κ3) is 2.82. The highest BCUT2D eigenvalue weighted by Crippen LogP contribution is 2.34. The summed E-state index contributed by atoms with van der Waals surface area (Å²) >= 11 is 0. The van der Waals surface area contributed by atoms with Crippen LogP contribution in [-0.4, -0.2) is 9.97 Å². The van der Waals surface area contributed by atoms with Crippen molar-refractivity contribution in [3.05, 3.63) is 67.0 Å². The van der Waals surface area contributed by atoms with Gasteiger partial charge in [-0.25, -0.2) is 9.18 Å². The zero-order valence-corrected chi connectivity index (χ0v) is 12.6. The van der Waals surface area contributed by atoms with Gasteiger partial charge in [-0.3, -0.25) is 9.78 Å². The summed E-state index contributed by atoms with van der Waals surface area (Å²) in [6.07, 6.45) is 0.339. The lowest BCUT2D eigenvalue weighted by atomic mass is 9.89. The van der Waals surface area contributed by atoms with Gasteiger partial charge in [0.25, 0.3) is 5.56 Å². The minimum absolute atomic E-state index is 0.0313. The van der Waals surface area contributed by atoms with Gasteiger partial charge in [-0.2, -0.15) is 0 Å². The summed E-state index contributed by atoms with van der Waals surface area (Å²) in [4.78, 5) is 28.0. The van der Waals surface area contributed by atoms with E-state index in [1.165, 1.54) is 6.92 Å². The van der Waals surface area contributed by atoms with Crippen molar-refractivity contribution in [2.45, 2.75) is 39.8 Å². The van der Waals surface area contributed by atoms with Gasteiger partial charge in [0.2, 0.25) is 0 Å². The van der Waals surface area contributed by atoms with E-state index in [1.54, 1.807) is 19.1 Å². The van der Waals surface area contributed by atoms with Crippen LogP contribution in [0.5, 0.6) is 0 Å². The first-order chi connectivity index (χ1) is 9.75. The molecule has 1 unspecified atom stereocenters. The molecule has 2 aromatic rings. The molecule has 0 spiro atoms. The molecule has 0 fully saturated rings. The maximum atomic E-state index is 15.4. The minimum atomic E-state index is -1.93. The molecule has 5 heteroatoms. The molecule has 2 N–H and O–H groups in total. The van der Waals surface area contributed by atoms with Crippen molar-refractivity contribution in [3.63, 3.8) is 0 Å². The van der Waals surface area contributed by atoms with Crippen LogP contribution in [0.1, 0.15) is 41.8 Å². The first-order valence-electron chi connectivity index (χ1n) is 6.89. The van der Waals surface area contributed by atoms with E-state index in [1.807, 2.05) is 19.9 Å². The molecular weight excluding hydrogens is 271 g/mol. The molecule has 0 aliphatic carbocycles. The summed E-state index contributed by atoms with van der Waals surface area (Å²) in [6.45, 7) is 6.89. The first-order valence-corrected chi connectivity index (χ1v) is 6.89. The third-order valence-corrected chi connectivity index (χ3v) is 3.63. The second-order valence-electron chi connectivity index (χ2n) is 5.49. The molecule has 1 aromatic heterocycles. The van der Waals surface area contributed by atoms with Crippen LogP contribution in [0.3, 0.4) is 0 Å². The molecule has 21 heavy (non-hydrogen) atoms. The van der Waals surface area contributed by atoms with Gasteiger partial charge < -0.3 is 4.98 Å². The van der Waals surface area contributed by atoms with Crippen molar-refractivity contribution in [1.82, 2.24) is 9.97 Å². The molecule has 1 aromatic carbocycles. The number of hydrogen-bond acceptors (Lipinski definition) is 2. The fourth-order valence-electron chi connectivity index (χ4n) is 2.64. The Morgan fingerprint density at radius 2 is 1.67 bits per heavy atom. The van der Waals surface area contributed by atoms with Crippen molar-refractivity contribution in [3.8, 4) is 0 Å². The van der Waals surface area contributed by atoms with Gasteiger partial charge in [0.1, 0.15) is 0 Å². The summed E-state index contributed by atoms with van der Waals surface area (Å²) < 4.78 is 15.4. The summed E-state index contributed by atoms with van der Waals surface area (Å²) in [5.41, 5.74) is -0.586. The van der Waals surface area contributed by atoms with Crippen molar-refractivity contribution in [1.29, 1.82) is 0 Å². The van der Waals surface area contributed by atoms with Crippen LogP contribution in [0.25, 0.3) is 0 Å². The van der Waals surface area contributed by atoms with Crippen LogP contribution in [0.2, 0.25) is 0 Å². The Labute approximate surface area is 122 Å². The molecule has 112 valence electrons. The highest BCUT2D eigenvalue weighted by Gasteiger charge is 2.33. The van der Waals surface area contributed by atoms with Crippen LogP contribution in [0, 0.1) is 13.8 Å². The fourth-order valence-corrected chi connectivity index (χ4v) is 2.64. The van der Waals surface area contributed by atoms with E-state index in [9.17, 15) is 9.59 Å². The Morgan fingerprint density at radius 1 is 1.10 bits per heavy atom. The number of aromatic amines is 2. The van der Waals surface area contributed by atoms with E-state index in [4.69, 9.17) is 0 Å². The van der Waals surface area contributed by atoms with E-state index in [2.05, 4.69) is 9.97 Å². The predicted octanol–water partition coefficient (Wildman–Crippen LogP) is 2.48. The Morgan fingerprint density at radius 3 is 2.19 bits per heavy atom. The van der Waals surface area contributed by atoms with Gasteiger partial charge in [0, 0.05) is 5.56 Å². The maximum Gasteiger partial charge on any atom is 0.326 e. The molecule has 0 aliphatic rings. The number of benzene rings is 1. The van der Waals surface area contributed by atoms with Crippen LogP contribution < -0.4 is 11.2 Å².